The van der Waals surface area contributed by atoms with Gasteiger partial charge in [0, 0.05) is 35.1 Å². The lowest BCUT2D eigenvalue weighted by Crippen LogP contribution is -2.29. The van der Waals surface area contributed by atoms with Crippen LogP contribution in [-0.4, -0.2) is 60.0 Å². The maximum atomic E-state index is 12.6. The first kappa shape index (κ1) is 24.6. The third-order valence-electron chi connectivity index (χ3n) is 4.12. The summed E-state index contributed by atoms with van der Waals surface area (Å²) in [5, 5.41) is 0. The number of halogens is 8. The molecule has 0 amide bonds. The van der Waals surface area contributed by atoms with Crippen molar-refractivity contribution < 1.29 is 26.3 Å². The highest BCUT2D eigenvalue weighted by Gasteiger charge is 2.44. The molecule has 0 atom stereocenters. The van der Waals surface area contributed by atoms with Crippen molar-refractivity contribution in [3.8, 4) is 0 Å². The highest BCUT2D eigenvalue weighted by atomic mass is 79.9. The van der Waals surface area contributed by atoms with Crippen LogP contribution >= 0.6 is 31.9 Å². The molecule has 4 nitrogen and oxygen atoms in total. The van der Waals surface area contributed by atoms with Gasteiger partial charge in [0.15, 0.2) is 0 Å². The Balaban J connectivity index is 0.000000181. The Morgan fingerprint density at radius 3 is 1.09 bits per heavy atom. The first-order valence-electron chi connectivity index (χ1n) is 9.26. The van der Waals surface area contributed by atoms with E-state index in [0.717, 1.165) is 8.95 Å². The lowest BCUT2D eigenvalue weighted by atomic mass is 10.3. The van der Waals surface area contributed by atoms with Crippen LogP contribution in [0.1, 0.15) is 0 Å². The molecule has 4 rings (SSSR count). The van der Waals surface area contributed by atoms with Crippen molar-refractivity contribution in [2.45, 2.75) is 12.4 Å². The zero-order valence-electron chi connectivity index (χ0n) is 16.3. The van der Waals surface area contributed by atoms with E-state index in [1.807, 2.05) is 0 Å². The fourth-order valence-corrected chi connectivity index (χ4v) is 2.95. The molecule has 2 aliphatic heterocycles. The van der Waals surface area contributed by atoms with Gasteiger partial charge in [-0.05, 0) is 48.5 Å². The minimum atomic E-state index is -4.39. The molecule has 0 bridgehead atoms. The van der Waals surface area contributed by atoms with Crippen molar-refractivity contribution in [3.63, 3.8) is 0 Å². The van der Waals surface area contributed by atoms with Gasteiger partial charge in [-0.3, -0.25) is 0 Å². The molecule has 2 heterocycles. The molecule has 12 heteroatoms. The largest absolute Gasteiger partial charge is 0.449 e. The molecule has 0 saturated carbocycles. The van der Waals surface area contributed by atoms with E-state index >= 15 is 0 Å². The number of hydrogen-bond donors (Lipinski definition) is 0. The van der Waals surface area contributed by atoms with Crippen molar-refractivity contribution >= 4 is 54.9 Å². The Morgan fingerprint density at radius 1 is 0.594 bits per heavy atom. The van der Waals surface area contributed by atoms with Crippen LogP contribution in [0.25, 0.3) is 0 Å². The average Bonchev–Trinajstić information content (AvgIpc) is 3.60. The van der Waals surface area contributed by atoms with Crippen molar-refractivity contribution in [1.29, 1.82) is 0 Å². The second kappa shape index (κ2) is 9.82. The third-order valence-corrected chi connectivity index (χ3v) is 5.18. The normalized spacial score (nSPS) is 16.5. The molecule has 2 fully saturated rings. The van der Waals surface area contributed by atoms with Crippen molar-refractivity contribution in [2.24, 2.45) is 9.98 Å². The number of benzene rings is 2. The first-order valence-corrected chi connectivity index (χ1v) is 10.8. The van der Waals surface area contributed by atoms with Gasteiger partial charge in [0.25, 0.3) is 0 Å². The van der Waals surface area contributed by atoms with Crippen molar-refractivity contribution in [3.05, 3.63) is 57.5 Å². The van der Waals surface area contributed by atoms with Gasteiger partial charge in [-0.1, -0.05) is 31.9 Å². The monoisotopic (exact) mass is 584 g/mol. The fourth-order valence-electron chi connectivity index (χ4n) is 2.43. The van der Waals surface area contributed by atoms with E-state index in [1.165, 1.54) is 9.80 Å². The molecule has 0 spiro atoms. The van der Waals surface area contributed by atoms with Crippen LogP contribution in [0.5, 0.6) is 0 Å². The molecule has 0 N–H and O–H groups in total. The Labute approximate surface area is 196 Å². The standard InChI is InChI=1S/2C10H8BrF3N2/c2*11-7-1-3-8(4-2-7)15-9(10(12,13)14)16-5-6-16/h2*1-4H,5-6H2. The number of amidine groups is 2. The average molecular weight is 586 g/mol. The zero-order valence-corrected chi connectivity index (χ0v) is 19.4. The van der Waals surface area contributed by atoms with Crippen LogP contribution in [-0.2, 0) is 0 Å². The molecule has 0 aliphatic carbocycles. The number of alkyl halides is 6. The summed E-state index contributed by atoms with van der Waals surface area (Å²) in [7, 11) is 0. The van der Waals surface area contributed by atoms with Crippen molar-refractivity contribution in [2.75, 3.05) is 26.2 Å². The van der Waals surface area contributed by atoms with E-state index in [-0.39, 0.29) is 0 Å². The van der Waals surface area contributed by atoms with Crippen molar-refractivity contribution in [1.82, 2.24) is 9.80 Å². The van der Waals surface area contributed by atoms with E-state index < -0.39 is 24.0 Å². The number of nitrogens with zero attached hydrogens (tertiary/aromatic N) is 4. The van der Waals surface area contributed by atoms with Crippen LogP contribution in [0.4, 0.5) is 37.7 Å². The van der Waals surface area contributed by atoms with E-state index in [1.54, 1.807) is 48.5 Å². The molecule has 172 valence electrons. The summed E-state index contributed by atoms with van der Waals surface area (Å²) < 4.78 is 77.2. The first-order chi connectivity index (χ1) is 14.9. The number of hydrogen-bond acceptors (Lipinski definition) is 2. The highest BCUT2D eigenvalue weighted by molar-refractivity contribution is 9.10. The van der Waals surface area contributed by atoms with Gasteiger partial charge in [0.2, 0.25) is 11.7 Å². The van der Waals surface area contributed by atoms with Crippen LogP contribution in [0, 0.1) is 0 Å². The van der Waals surface area contributed by atoms with Gasteiger partial charge in [0.05, 0.1) is 11.4 Å². The quantitative estimate of drug-likeness (QED) is 0.170. The number of aliphatic imine (C=N–C) groups is 2. The van der Waals surface area contributed by atoms with E-state index in [2.05, 4.69) is 41.8 Å². The molecule has 2 aliphatic rings. The summed E-state index contributed by atoms with van der Waals surface area (Å²) in [6, 6.07) is 12.8. The maximum absolute atomic E-state index is 12.6. The summed E-state index contributed by atoms with van der Waals surface area (Å²) in [6.07, 6.45) is -8.77. The van der Waals surface area contributed by atoms with Gasteiger partial charge in [-0.15, -0.1) is 0 Å². The van der Waals surface area contributed by atoms with Gasteiger partial charge in [-0.2, -0.15) is 26.3 Å². The lowest BCUT2D eigenvalue weighted by molar-refractivity contribution is -0.0655. The second-order valence-electron chi connectivity index (χ2n) is 6.79. The zero-order chi connectivity index (χ0) is 23.5. The van der Waals surface area contributed by atoms with E-state index in [4.69, 9.17) is 0 Å². The molecule has 2 aromatic carbocycles. The Bertz CT molecular complexity index is 896. The summed E-state index contributed by atoms with van der Waals surface area (Å²) >= 11 is 6.42. The smallest absolute Gasteiger partial charge is 0.349 e. The molecule has 0 aromatic heterocycles. The molecule has 0 unspecified atom stereocenters. The van der Waals surface area contributed by atoms with Gasteiger partial charge in [0.1, 0.15) is 0 Å². The molecule has 2 saturated heterocycles. The Morgan fingerprint density at radius 2 is 0.875 bits per heavy atom. The summed E-state index contributed by atoms with van der Waals surface area (Å²) in [6.45, 7) is 1.70. The molecule has 2 aromatic rings. The van der Waals surface area contributed by atoms with Crippen LogP contribution in [0.15, 0.2) is 67.5 Å². The summed E-state index contributed by atoms with van der Waals surface area (Å²) in [4.78, 5) is 9.65. The topological polar surface area (TPSA) is 30.7 Å². The SMILES string of the molecule is FC(F)(F)C(=Nc1ccc(Br)cc1)N1CC1.FC(F)(F)C(=Nc1ccc(Br)cc1)N1CC1. The molecule has 0 radical (unpaired) electrons. The lowest BCUT2D eigenvalue weighted by Gasteiger charge is -2.11. The second-order valence-corrected chi connectivity index (χ2v) is 8.62. The molecular weight excluding hydrogens is 570 g/mol. The Kier molecular flexibility index (Phi) is 7.53. The minimum absolute atomic E-state index is 0.308. The van der Waals surface area contributed by atoms with Gasteiger partial charge < -0.3 is 9.80 Å². The molecular formula is C20H16Br2F6N4. The Hall–Kier alpha value is -2.08. The maximum Gasteiger partial charge on any atom is 0.449 e. The van der Waals surface area contributed by atoms with E-state index in [0.29, 0.717) is 37.6 Å². The van der Waals surface area contributed by atoms with Crippen LogP contribution in [0.3, 0.4) is 0 Å². The fraction of sp³-hybridized carbons (Fsp3) is 0.300. The summed E-state index contributed by atoms with van der Waals surface area (Å²) in [5.41, 5.74) is 0.616. The van der Waals surface area contributed by atoms with Crippen LogP contribution < -0.4 is 0 Å². The highest BCUT2D eigenvalue weighted by Crippen LogP contribution is 2.28. The predicted octanol–water partition coefficient (Wildman–Crippen LogP) is 6.71. The predicted molar refractivity (Wildman–Crippen MR) is 118 cm³/mol. The van der Waals surface area contributed by atoms with Gasteiger partial charge >= 0.3 is 12.4 Å². The van der Waals surface area contributed by atoms with Crippen LogP contribution in [0.2, 0.25) is 0 Å². The van der Waals surface area contributed by atoms with Gasteiger partial charge in [-0.25, -0.2) is 9.98 Å². The minimum Gasteiger partial charge on any atom is -0.349 e. The third kappa shape index (κ3) is 7.51. The summed E-state index contributed by atoms with van der Waals surface area (Å²) in [5.74, 6) is -1.62. The van der Waals surface area contributed by atoms with E-state index in [9.17, 15) is 26.3 Å². The number of rotatable bonds is 2. The molecule has 32 heavy (non-hydrogen) atoms.